The Bertz CT molecular complexity index is 157. The second-order valence-corrected chi connectivity index (χ2v) is 3.08. The molecule has 0 N–H and O–H groups in total. The summed E-state index contributed by atoms with van der Waals surface area (Å²) in [6.07, 6.45) is 15.9. The lowest BCUT2D eigenvalue weighted by atomic mass is 10.1. The molecule has 0 aliphatic heterocycles. The maximum atomic E-state index is 9.92. The third-order valence-electron chi connectivity index (χ3n) is 1.86. The van der Waals surface area contributed by atoms with Crippen molar-refractivity contribution in [2.75, 3.05) is 0 Å². The number of aldehydes is 1. The molecule has 1 heteroatoms. The maximum Gasteiger partial charge on any atom is 0.142 e. The van der Waals surface area contributed by atoms with Crippen LogP contribution in [0.5, 0.6) is 0 Å². The average molecular weight is 180 g/mol. The van der Waals surface area contributed by atoms with Crippen LogP contribution >= 0.6 is 0 Å². The van der Waals surface area contributed by atoms with Gasteiger partial charge in [0.25, 0.3) is 0 Å². The molecule has 13 heavy (non-hydrogen) atoms. The first-order valence-corrected chi connectivity index (χ1v) is 5.17. The van der Waals surface area contributed by atoms with E-state index in [9.17, 15) is 4.79 Å². The first-order chi connectivity index (χ1) is 6.41. The second kappa shape index (κ2) is 11.2. The van der Waals surface area contributed by atoms with E-state index in [1.54, 1.807) is 6.08 Å². The molecular weight excluding hydrogens is 160 g/mol. The van der Waals surface area contributed by atoms with Crippen LogP contribution in [0.4, 0.5) is 0 Å². The van der Waals surface area contributed by atoms with Gasteiger partial charge < -0.3 is 0 Å². The average Bonchev–Trinajstić information content (AvgIpc) is 2.16. The summed E-state index contributed by atoms with van der Waals surface area (Å²) in [5, 5.41) is 0. The largest absolute Gasteiger partial charge is 0.299 e. The molecule has 0 fully saturated rings. The topological polar surface area (TPSA) is 17.1 Å². The van der Waals surface area contributed by atoms with Gasteiger partial charge in [-0.2, -0.15) is 0 Å². The highest BCUT2D eigenvalue weighted by Crippen LogP contribution is 2.04. The Labute approximate surface area is 81.5 Å². The highest BCUT2D eigenvalue weighted by molar-refractivity contribution is 5.64. The fraction of sp³-hybridized carbons (Fsp3) is 0.583. The SMILES string of the molecule is CC/C=C\CCCCCC=CC=O. The number of allylic oxidation sites excluding steroid dienone is 4. The van der Waals surface area contributed by atoms with Gasteiger partial charge in [-0.25, -0.2) is 0 Å². The number of hydrogen-bond acceptors (Lipinski definition) is 1. The molecule has 0 aliphatic rings. The van der Waals surface area contributed by atoms with Crippen molar-refractivity contribution in [1.82, 2.24) is 0 Å². The van der Waals surface area contributed by atoms with E-state index >= 15 is 0 Å². The van der Waals surface area contributed by atoms with Gasteiger partial charge in [0, 0.05) is 0 Å². The number of unbranched alkanes of at least 4 members (excludes halogenated alkanes) is 4. The zero-order chi connectivity index (χ0) is 9.78. The van der Waals surface area contributed by atoms with E-state index in [0.29, 0.717) is 0 Å². The molecule has 0 saturated carbocycles. The zero-order valence-corrected chi connectivity index (χ0v) is 8.54. The van der Waals surface area contributed by atoms with Crippen LogP contribution in [0, 0.1) is 0 Å². The first-order valence-electron chi connectivity index (χ1n) is 5.17. The fourth-order valence-electron chi connectivity index (χ4n) is 1.14. The fourth-order valence-corrected chi connectivity index (χ4v) is 1.14. The molecule has 74 valence electrons. The summed E-state index contributed by atoms with van der Waals surface area (Å²) < 4.78 is 0. The molecule has 0 unspecified atom stereocenters. The number of hydrogen-bond donors (Lipinski definition) is 0. The van der Waals surface area contributed by atoms with Crippen LogP contribution in [0.3, 0.4) is 0 Å². The van der Waals surface area contributed by atoms with Crippen LogP contribution in [0.2, 0.25) is 0 Å². The molecule has 0 saturated heterocycles. The standard InChI is InChI=1S/C12H20O/c1-2-3-4-5-6-7-8-9-10-11-12-13/h3-4,10-12H,2,5-9H2,1H3/b4-3-,11-10?. The number of carbonyl (C=O) groups excluding carboxylic acids is 1. The quantitative estimate of drug-likeness (QED) is 0.241. The van der Waals surface area contributed by atoms with Gasteiger partial charge in [0.1, 0.15) is 6.29 Å². The minimum atomic E-state index is 0.837. The molecular formula is C12H20O. The van der Waals surface area contributed by atoms with Crippen LogP contribution in [0.1, 0.15) is 45.4 Å². The zero-order valence-electron chi connectivity index (χ0n) is 8.54. The van der Waals surface area contributed by atoms with Crippen LogP contribution in [-0.2, 0) is 4.79 Å². The van der Waals surface area contributed by atoms with Gasteiger partial charge >= 0.3 is 0 Å². The monoisotopic (exact) mass is 180 g/mol. The van der Waals surface area contributed by atoms with Crippen LogP contribution < -0.4 is 0 Å². The summed E-state index contributed by atoms with van der Waals surface area (Å²) in [5.41, 5.74) is 0. The van der Waals surface area contributed by atoms with Crippen LogP contribution in [-0.4, -0.2) is 6.29 Å². The van der Waals surface area contributed by atoms with Gasteiger partial charge in [-0.1, -0.05) is 31.6 Å². The van der Waals surface area contributed by atoms with E-state index in [0.717, 1.165) is 19.1 Å². The van der Waals surface area contributed by atoms with Crippen molar-refractivity contribution >= 4 is 6.29 Å². The van der Waals surface area contributed by atoms with Crippen molar-refractivity contribution in [3.05, 3.63) is 24.3 Å². The Morgan fingerprint density at radius 1 is 0.923 bits per heavy atom. The van der Waals surface area contributed by atoms with Crippen molar-refractivity contribution in [2.24, 2.45) is 0 Å². The summed E-state index contributed by atoms with van der Waals surface area (Å²) in [6.45, 7) is 2.15. The van der Waals surface area contributed by atoms with E-state index < -0.39 is 0 Å². The predicted molar refractivity (Wildman–Crippen MR) is 57.7 cm³/mol. The summed E-state index contributed by atoms with van der Waals surface area (Å²) in [5.74, 6) is 0. The first kappa shape index (κ1) is 12.2. The predicted octanol–water partition coefficient (Wildman–Crippen LogP) is 3.66. The summed E-state index contributed by atoms with van der Waals surface area (Å²) in [6, 6.07) is 0. The van der Waals surface area contributed by atoms with Gasteiger partial charge in [0.2, 0.25) is 0 Å². The lowest BCUT2D eigenvalue weighted by Gasteiger charge is -1.94. The lowest BCUT2D eigenvalue weighted by Crippen LogP contribution is -1.75. The Hall–Kier alpha value is -0.850. The summed E-state index contributed by atoms with van der Waals surface area (Å²) in [7, 11) is 0. The Balaban J connectivity index is 3.03. The van der Waals surface area contributed by atoms with Crippen LogP contribution in [0.25, 0.3) is 0 Å². The highest BCUT2D eigenvalue weighted by Gasteiger charge is 1.84. The molecule has 0 atom stereocenters. The van der Waals surface area contributed by atoms with Crippen molar-refractivity contribution < 1.29 is 4.79 Å². The number of rotatable bonds is 8. The summed E-state index contributed by atoms with van der Waals surface area (Å²) >= 11 is 0. The van der Waals surface area contributed by atoms with E-state index in [1.165, 1.54) is 25.7 Å². The third kappa shape index (κ3) is 11.1. The van der Waals surface area contributed by atoms with Gasteiger partial charge in [-0.3, -0.25) is 4.79 Å². The van der Waals surface area contributed by atoms with Crippen molar-refractivity contribution in [3.8, 4) is 0 Å². The van der Waals surface area contributed by atoms with E-state index in [2.05, 4.69) is 19.1 Å². The van der Waals surface area contributed by atoms with Crippen molar-refractivity contribution in [2.45, 2.75) is 45.4 Å². The highest BCUT2D eigenvalue weighted by atomic mass is 16.1. The third-order valence-corrected chi connectivity index (χ3v) is 1.86. The van der Waals surface area contributed by atoms with Crippen molar-refractivity contribution in [3.63, 3.8) is 0 Å². The molecule has 1 nitrogen and oxygen atoms in total. The molecule has 0 aromatic carbocycles. The Morgan fingerprint density at radius 2 is 1.62 bits per heavy atom. The van der Waals surface area contributed by atoms with Gasteiger partial charge in [0.15, 0.2) is 0 Å². The van der Waals surface area contributed by atoms with Crippen molar-refractivity contribution in [1.29, 1.82) is 0 Å². The Kier molecular flexibility index (Phi) is 10.4. The number of carbonyl (C=O) groups is 1. The molecule has 0 aromatic rings. The molecule has 0 radical (unpaired) electrons. The smallest absolute Gasteiger partial charge is 0.142 e. The molecule has 0 heterocycles. The van der Waals surface area contributed by atoms with E-state index in [1.807, 2.05) is 6.08 Å². The molecule has 0 aliphatic carbocycles. The van der Waals surface area contributed by atoms with E-state index in [4.69, 9.17) is 0 Å². The molecule has 0 aromatic heterocycles. The minimum Gasteiger partial charge on any atom is -0.299 e. The second-order valence-electron chi connectivity index (χ2n) is 3.08. The molecule has 0 spiro atoms. The minimum absolute atomic E-state index is 0.837. The van der Waals surface area contributed by atoms with Gasteiger partial charge in [0.05, 0.1) is 0 Å². The van der Waals surface area contributed by atoms with Gasteiger partial charge in [-0.05, 0) is 38.2 Å². The lowest BCUT2D eigenvalue weighted by molar-refractivity contribution is -0.104. The normalized spacial score (nSPS) is 11.5. The van der Waals surface area contributed by atoms with Crippen LogP contribution in [0.15, 0.2) is 24.3 Å². The van der Waals surface area contributed by atoms with E-state index in [-0.39, 0.29) is 0 Å². The summed E-state index contributed by atoms with van der Waals surface area (Å²) in [4.78, 5) is 9.92. The maximum absolute atomic E-state index is 9.92. The Morgan fingerprint density at radius 3 is 2.23 bits per heavy atom. The molecule has 0 rings (SSSR count). The van der Waals surface area contributed by atoms with Gasteiger partial charge in [-0.15, -0.1) is 0 Å². The molecule has 0 amide bonds. The molecule has 0 bridgehead atoms.